The quantitative estimate of drug-likeness (QED) is 0.543. The lowest BCUT2D eigenvalue weighted by Gasteiger charge is -2.04. The number of ether oxygens (including phenoxy) is 1. The summed E-state index contributed by atoms with van der Waals surface area (Å²) in [5, 5.41) is 11.0. The van der Waals surface area contributed by atoms with E-state index in [4.69, 9.17) is 10.00 Å². The van der Waals surface area contributed by atoms with Crippen molar-refractivity contribution >= 4 is 5.69 Å². The zero-order chi connectivity index (χ0) is 8.81. The highest BCUT2D eigenvalue weighted by Gasteiger charge is 1.98. The van der Waals surface area contributed by atoms with E-state index >= 15 is 0 Å². The van der Waals surface area contributed by atoms with Crippen LogP contribution in [0.3, 0.4) is 0 Å². The highest BCUT2D eigenvalue weighted by Crippen LogP contribution is 2.14. The van der Waals surface area contributed by atoms with Gasteiger partial charge in [-0.15, -0.1) is 0 Å². The molecular weight excluding hydrogens is 152 g/mol. The number of anilines is 1. The summed E-state index contributed by atoms with van der Waals surface area (Å²) < 4.78 is 4.97. The highest BCUT2D eigenvalue weighted by atomic mass is 16.5. The molecule has 0 fully saturated rings. The van der Waals surface area contributed by atoms with Gasteiger partial charge in [-0.25, -0.2) is 0 Å². The van der Waals surface area contributed by atoms with Crippen LogP contribution in [0.5, 0.6) is 0 Å². The molecule has 0 unspecified atom stereocenters. The lowest BCUT2D eigenvalue weighted by molar-refractivity contribution is 0.185. The first-order valence-corrected chi connectivity index (χ1v) is 3.60. The molecule has 0 aliphatic carbocycles. The zero-order valence-corrected chi connectivity index (χ0v) is 6.87. The SMILES string of the molecule is COCc1ccccc1NC#N. The minimum atomic E-state index is 0.519. The predicted octanol–water partition coefficient (Wildman–Crippen LogP) is 1.73. The summed E-state index contributed by atoms with van der Waals surface area (Å²) in [6.07, 6.45) is 1.88. The van der Waals surface area contributed by atoms with E-state index in [1.807, 2.05) is 30.5 Å². The molecule has 0 aliphatic heterocycles. The molecule has 0 saturated carbocycles. The first-order chi connectivity index (χ1) is 5.88. The first kappa shape index (κ1) is 8.57. The Hall–Kier alpha value is -1.53. The van der Waals surface area contributed by atoms with E-state index in [1.54, 1.807) is 7.11 Å². The van der Waals surface area contributed by atoms with Crippen LogP contribution in [0.15, 0.2) is 24.3 Å². The fourth-order valence-corrected chi connectivity index (χ4v) is 0.984. The fourth-order valence-electron chi connectivity index (χ4n) is 0.984. The maximum absolute atomic E-state index is 8.41. The second kappa shape index (κ2) is 4.37. The number of para-hydroxylation sites is 1. The Morgan fingerprint density at radius 2 is 2.25 bits per heavy atom. The van der Waals surface area contributed by atoms with Crippen molar-refractivity contribution in [2.24, 2.45) is 0 Å². The summed E-state index contributed by atoms with van der Waals surface area (Å²) in [7, 11) is 1.63. The van der Waals surface area contributed by atoms with Gasteiger partial charge in [0.1, 0.15) is 0 Å². The van der Waals surface area contributed by atoms with E-state index < -0.39 is 0 Å². The number of methoxy groups -OCH3 is 1. The topological polar surface area (TPSA) is 45.0 Å². The fraction of sp³-hybridized carbons (Fsp3) is 0.222. The molecule has 0 aromatic heterocycles. The van der Waals surface area contributed by atoms with Crippen molar-refractivity contribution in [2.75, 3.05) is 12.4 Å². The van der Waals surface area contributed by atoms with Crippen LogP contribution < -0.4 is 5.32 Å². The van der Waals surface area contributed by atoms with Crippen molar-refractivity contribution in [2.45, 2.75) is 6.61 Å². The third-order valence-corrected chi connectivity index (χ3v) is 1.51. The van der Waals surface area contributed by atoms with E-state index in [9.17, 15) is 0 Å². The molecule has 1 aromatic rings. The van der Waals surface area contributed by atoms with Gasteiger partial charge in [0, 0.05) is 12.7 Å². The summed E-state index contributed by atoms with van der Waals surface area (Å²) in [6, 6.07) is 7.55. The van der Waals surface area contributed by atoms with Gasteiger partial charge in [0.2, 0.25) is 0 Å². The second-order valence-corrected chi connectivity index (χ2v) is 2.33. The molecule has 3 nitrogen and oxygen atoms in total. The standard InChI is InChI=1S/C9H10N2O/c1-12-6-8-4-2-3-5-9(8)11-7-10/h2-5,11H,6H2,1H3. The van der Waals surface area contributed by atoms with Crippen molar-refractivity contribution in [1.29, 1.82) is 5.26 Å². The minimum Gasteiger partial charge on any atom is -0.380 e. The number of nitriles is 1. The number of hydrogen-bond donors (Lipinski definition) is 1. The smallest absolute Gasteiger partial charge is 0.181 e. The number of nitrogens with zero attached hydrogens (tertiary/aromatic N) is 1. The molecule has 0 atom stereocenters. The number of nitrogens with one attached hydrogen (secondary N) is 1. The highest BCUT2D eigenvalue weighted by molar-refractivity contribution is 5.53. The van der Waals surface area contributed by atoms with Gasteiger partial charge in [-0.2, -0.15) is 5.26 Å². The molecule has 0 spiro atoms. The van der Waals surface area contributed by atoms with Gasteiger partial charge in [-0.3, -0.25) is 5.32 Å². The predicted molar refractivity (Wildman–Crippen MR) is 46.4 cm³/mol. The largest absolute Gasteiger partial charge is 0.380 e. The number of hydrogen-bond acceptors (Lipinski definition) is 3. The Morgan fingerprint density at radius 3 is 2.92 bits per heavy atom. The van der Waals surface area contributed by atoms with Crippen LogP contribution in [0.4, 0.5) is 5.69 Å². The summed E-state index contributed by atoms with van der Waals surface area (Å²) in [6.45, 7) is 0.519. The molecule has 1 aromatic carbocycles. The Kier molecular flexibility index (Phi) is 3.12. The van der Waals surface area contributed by atoms with Gasteiger partial charge >= 0.3 is 0 Å². The Bertz CT molecular complexity index is 291. The Balaban J connectivity index is 2.85. The van der Waals surface area contributed by atoms with Crippen LogP contribution in [0, 0.1) is 11.5 Å². The normalized spacial score (nSPS) is 9.00. The maximum atomic E-state index is 8.41. The zero-order valence-electron chi connectivity index (χ0n) is 6.87. The van der Waals surface area contributed by atoms with E-state index in [0.717, 1.165) is 11.3 Å². The van der Waals surface area contributed by atoms with Gasteiger partial charge < -0.3 is 4.74 Å². The molecule has 0 bridgehead atoms. The molecule has 62 valence electrons. The van der Waals surface area contributed by atoms with Gasteiger partial charge in [-0.05, 0) is 6.07 Å². The first-order valence-electron chi connectivity index (χ1n) is 3.60. The van der Waals surface area contributed by atoms with Gasteiger partial charge in [0.05, 0.1) is 12.3 Å². The van der Waals surface area contributed by atoms with Gasteiger partial charge in [0.15, 0.2) is 6.19 Å². The Labute approximate surface area is 71.6 Å². The summed E-state index contributed by atoms with van der Waals surface area (Å²) in [5.41, 5.74) is 1.79. The lowest BCUT2D eigenvalue weighted by atomic mass is 10.2. The summed E-state index contributed by atoms with van der Waals surface area (Å²) in [5.74, 6) is 0. The van der Waals surface area contributed by atoms with Crippen molar-refractivity contribution in [3.05, 3.63) is 29.8 Å². The van der Waals surface area contributed by atoms with Gasteiger partial charge in [0.25, 0.3) is 0 Å². The van der Waals surface area contributed by atoms with Crippen molar-refractivity contribution in [1.82, 2.24) is 0 Å². The Morgan fingerprint density at radius 1 is 1.50 bits per heavy atom. The molecular formula is C9H10N2O. The van der Waals surface area contributed by atoms with Crippen LogP contribution in [0.2, 0.25) is 0 Å². The summed E-state index contributed by atoms with van der Waals surface area (Å²) in [4.78, 5) is 0. The lowest BCUT2D eigenvalue weighted by Crippen LogP contribution is -1.95. The molecule has 12 heavy (non-hydrogen) atoms. The molecule has 3 heteroatoms. The van der Waals surface area contributed by atoms with E-state index in [-0.39, 0.29) is 0 Å². The minimum absolute atomic E-state index is 0.519. The summed E-state index contributed by atoms with van der Waals surface area (Å²) >= 11 is 0. The van der Waals surface area contributed by atoms with Gasteiger partial charge in [-0.1, -0.05) is 18.2 Å². The number of benzene rings is 1. The molecule has 0 radical (unpaired) electrons. The molecule has 0 amide bonds. The van der Waals surface area contributed by atoms with Crippen LogP contribution in [-0.4, -0.2) is 7.11 Å². The maximum Gasteiger partial charge on any atom is 0.181 e. The molecule has 0 aliphatic rings. The monoisotopic (exact) mass is 162 g/mol. The molecule has 1 rings (SSSR count). The van der Waals surface area contributed by atoms with E-state index in [2.05, 4.69) is 5.32 Å². The van der Waals surface area contributed by atoms with Crippen LogP contribution in [0.1, 0.15) is 5.56 Å². The molecule has 0 saturated heterocycles. The third kappa shape index (κ3) is 1.97. The van der Waals surface area contributed by atoms with Crippen molar-refractivity contribution in [3.8, 4) is 6.19 Å². The molecule has 0 heterocycles. The van der Waals surface area contributed by atoms with E-state index in [1.165, 1.54) is 0 Å². The van der Waals surface area contributed by atoms with Crippen LogP contribution >= 0.6 is 0 Å². The molecule has 1 N–H and O–H groups in total. The number of rotatable bonds is 3. The average molecular weight is 162 g/mol. The van der Waals surface area contributed by atoms with Crippen molar-refractivity contribution in [3.63, 3.8) is 0 Å². The van der Waals surface area contributed by atoms with Crippen LogP contribution in [0.25, 0.3) is 0 Å². The third-order valence-electron chi connectivity index (χ3n) is 1.51. The van der Waals surface area contributed by atoms with Crippen molar-refractivity contribution < 1.29 is 4.74 Å². The van der Waals surface area contributed by atoms with Crippen LogP contribution in [-0.2, 0) is 11.3 Å². The second-order valence-electron chi connectivity index (χ2n) is 2.33. The average Bonchev–Trinajstić information content (AvgIpc) is 2.09. The van der Waals surface area contributed by atoms with E-state index in [0.29, 0.717) is 6.61 Å².